The largest absolute Gasteiger partial charge is 0.497 e. The van der Waals surface area contributed by atoms with Gasteiger partial charge < -0.3 is 20.1 Å². The maximum Gasteiger partial charge on any atom is 0.119 e. The molecule has 4 heteroatoms. The van der Waals surface area contributed by atoms with Crippen LogP contribution in [0.25, 0.3) is 0 Å². The van der Waals surface area contributed by atoms with Crippen molar-refractivity contribution in [3.8, 4) is 5.75 Å². The van der Waals surface area contributed by atoms with Crippen LogP contribution in [0.4, 0.5) is 0 Å². The Labute approximate surface area is 115 Å². The lowest BCUT2D eigenvalue weighted by molar-refractivity contribution is 0.173. The first kappa shape index (κ1) is 14.3. The van der Waals surface area contributed by atoms with Gasteiger partial charge in [-0.1, -0.05) is 12.1 Å². The molecule has 1 aliphatic heterocycles. The topological polar surface area (TPSA) is 47.7 Å². The minimum Gasteiger partial charge on any atom is -0.497 e. The van der Waals surface area contributed by atoms with E-state index in [2.05, 4.69) is 24.1 Å². The highest BCUT2D eigenvalue weighted by atomic mass is 16.5. The Morgan fingerprint density at radius 2 is 2.37 bits per heavy atom. The standard InChI is InChI=1S/C15H24N2O2/c1-17(10-15(16)13-6-7-19-11-13)9-12-4-3-5-14(8-12)18-2/h3-5,8,13,15H,6-7,9-11,16H2,1-2H3. The molecule has 2 N–H and O–H groups in total. The van der Waals surface area contributed by atoms with Crippen LogP contribution in [-0.2, 0) is 11.3 Å². The second-order valence-electron chi connectivity index (χ2n) is 5.34. The van der Waals surface area contributed by atoms with Crippen LogP contribution in [0.2, 0.25) is 0 Å². The molecule has 2 atom stereocenters. The number of nitrogens with two attached hydrogens (primary N) is 1. The molecule has 1 aliphatic rings. The molecule has 1 fully saturated rings. The molecule has 1 saturated heterocycles. The Balaban J connectivity index is 1.84. The molecule has 0 amide bonds. The van der Waals surface area contributed by atoms with Crippen LogP contribution in [0.1, 0.15) is 12.0 Å². The molecule has 2 unspecified atom stereocenters. The molecule has 2 rings (SSSR count). The lowest BCUT2D eigenvalue weighted by Crippen LogP contribution is -2.40. The monoisotopic (exact) mass is 264 g/mol. The van der Waals surface area contributed by atoms with E-state index < -0.39 is 0 Å². The van der Waals surface area contributed by atoms with Crippen molar-refractivity contribution in [2.24, 2.45) is 11.7 Å². The molecule has 0 saturated carbocycles. The van der Waals surface area contributed by atoms with Gasteiger partial charge in [0.25, 0.3) is 0 Å². The van der Waals surface area contributed by atoms with E-state index >= 15 is 0 Å². The molecule has 1 aromatic rings. The molecular weight excluding hydrogens is 240 g/mol. The van der Waals surface area contributed by atoms with Gasteiger partial charge >= 0.3 is 0 Å². The van der Waals surface area contributed by atoms with Crippen LogP contribution in [0.5, 0.6) is 5.75 Å². The van der Waals surface area contributed by atoms with Gasteiger partial charge in [0.05, 0.1) is 13.7 Å². The summed E-state index contributed by atoms with van der Waals surface area (Å²) in [5, 5.41) is 0. The van der Waals surface area contributed by atoms with E-state index in [0.717, 1.165) is 38.5 Å². The Bertz CT molecular complexity index is 391. The number of likely N-dealkylation sites (N-methyl/N-ethyl adjacent to an activating group) is 1. The summed E-state index contributed by atoms with van der Waals surface area (Å²) >= 11 is 0. The first-order valence-electron chi connectivity index (χ1n) is 6.84. The molecular formula is C15H24N2O2. The van der Waals surface area contributed by atoms with E-state index in [-0.39, 0.29) is 6.04 Å². The third-order valence-electron chi connectivity index (χ3n) is 3.68. The Kier molecular flexibility index (Phi) is 5.19. The zero-order valence-electron chi connectivity index (χ0n) is 11.8. The van der Waals surface area contributed by atoms with E-state index in [0.29, 0.717) is 5.92 Å². The summed E-state index contributed by atoms with van der Waals surface area (Å²) in [6, 6.07) is 8.36. The molecule has 0 aliphatic carbocycles. The molecule has 0 radical (unpaired) electrons. The first-order chi connectivity index (χ1) is 9.19. The number of ether oxygens (including phenoxy) is 2. The summed E-state index contributed by atoms with van der Waals surface area (Å²) in [5.74, 6) is 1.41. The predicted molar refractivity (Wildman–Crippen MR) is 76.2 cm³/mol. The number of benzene rings is 1. The van der Waals surface area contributed by atoms with Crippen LogP contribution in [-0.4, -0.2) is 44.9 Å². The van der Waals surface area contributed by atoms with Crippen molar-refractivity contribution in [3.05, 3.63) is 29.8 Å². The summed E-state index contributed by atoms with van der Waals surface area (Å²) in [5.41, 5.74) is 7.49. The molecule has 106 valence electrons. The second-order valence-corrected chi connectivity index (χ2v) is 5.34. The Morgan fingerprint density at radius 1 is 1.53 bits per heavy atom. The van der Waals surface area contributed by atoms with Gasteiger partial charge in [-0.05, 0) is 31.2 Å². The van der Waals surface area contributed by atoms with Crippen molar-refractivity contribution < 1.29 is 9.47 Å². The van der Waals surface area contributed by atoms with Gasteiger partial charge in [0.15, 0.2) is 0 Å². The highest BCUT2D eigenvalue weighted by molar-refractivity contribution is 5.28. The van der Waals surface area contributed by atoms with E-state index in [1.807, 2.05) is 12.1 Å². The summed E-state index contributed by atoms with van der Waals surface area (Å²) in [4.78, 5) is 2.26. The van der Waals surface area contributed by atoms with Crippen LogP contribution in [0.15, 0.2) is 24.3 Å². The van der Waals surface area contributed by atoms with Crippen molar-refractivity contribution in [1.29, 1.82) is 0 Å². The van der Waals surface area contributed by atoms with Crippen LogP contribution in [0.3, 0.4) is 0 Å². The van der Waals surface area contributed by atoms with Crippen molar-refractivity contribution in [1.82, 2.24) is 4.90 Å². The quantitative estimate of drug-likeness (QED) is 0.845. The predicted octanol–water partition coefficient (Wildman–Crippen LogP) is 1.49. The first-order valence-corrected chi connectivity index (χ1v) is 6.84. The zero-order valence-corrected chi connectivity index (χ0v) is 11.8. The van der Waals surface area contributed by atoms with Crippen LogP contribution >= 0.6 is 0 Å². The number of nitrogens with zero attached hydrogens (tertiary/aromatic N) is 1. The normalized spacial score (nSPS) is 20.7. The molecule has 0 aromatic heterocycles. The summed E-state index contributed by atoms with van der Waals surface area (Å²) in [6.07, 6.45) is 1.09. The lowest BCUT2D eigenvalue weighted by atomic mass is 9.99. The summed E-state index contributed by atoms with van der Waals surface area (Å²) in [7, 11) is 3.80. The minimum absolute atomic E-state index is 0.193. The smallest absolute Gasteiger partial charge is 0.119 e. The fourth-order valence-corrected chi connectivity index (χ4v) is 2.55. The van der Waals surface area contributed by atoms with Crippen molar-refractivity contribution in [2.45, 2.75) is 19.0 Å². The summed E-state index contributed by atoms with van der Waals surface area (Å²) < 4.78 is 10.6. The number of rotatable bonds is 6. The SMILES string of the molecule is COc1cccc(CN(C)CC(N)C2CCOC2)c1. The third kappa shape index (κ3) is 4.20. The Morgan fingerprint density at radius 3 is 3.05 bits per heavy atom. The number of methoxy groups -OCH3 is 1. The molecule has 0 bridgehead atoms. The van der Waals surface area contributed by atoms with E-state index in [4.69, 9.17) is 15.2 Å². The van der Waals surface area contributed by atoms with Crippen molar-refractivity contribution >= 4 is 0 Å². The Hall–Kier alpha value is -1.10. The van der Waals surface area contributed by atoms with E-state index in [1.54, 1.807) is 7.11 Å². The number of hydrogen-bond acceptors (Lipinski definition) is 4. The van der Waals surface area contributed by atoms with Gasteiger partial charge in [0, 0.05) is 31.7 Å². The lowest BCUT2D eigenvalue weighted by Gasteiger charge is -2.24. The molecule has 1 aromatic carbocycles. The molecule has 1 heterocycles. The average molecular weight is 264 g/mol. The fraction of sp³-hybridized carbons (Fsp3) is 0.600. The average Bonchev–Trinajstić information content (AvgIpc) is 2.92. The minimum atomic E-state index is 0.193. The van der Waals surface area contributed by atoms with Crippen LogP contribution in [0, 0.1) is 5.92 Å². The second kappa shape index (κ2) is 6.89. The van der Waals surface area contributed by atoms with E-state index in [1.165, 1.54) is 5.56 Å². The van der Waals surface area contributed by atoms with Gasteiger partial charge in [0.1, 0.15) is 5.75 Å². The van der Waals surface area contributed by atoms with Crippen molar-refractivity contribution in [2.75, 3.05) is 33.9 Å². The fourth-order valence-electron chi connectivity index (χ4n) is 2.55. The maximum absolute atomic E-state index is 6.24. The highest BCUT2D eigenvalue weighted by Crippen LogP contribution is 2.17. The van der Waals surface area contributed by atoms with Gasteiger partial charge in [-0.2, -0.15) is 0 Å². The zero-order chi connectivity index (χ0) is 13.7. The van der Waals surface area contributed by atoms with Crippen molar-refractivity contribution in [3.63, 3.8) is 0 Å². The summed E-state index contributed by atoms with van der Waals surface area (Å²) in [6.45, 7) is 3.45. The van der Waals surface area contributed by atoms with E-state index in [9.17, 15) is 0 Å². The number of hydrogen-bond donors (Lipinski definition) is 1. The highest BCUT2D eigenvalue weighted by Gasteiger charge is 2.23. The van der Waals surface area contributed by atoms with Gasteiger partial charge in [-0.3, -0.25) is 0 Å². The van der Waals surface area contributed by atoms with Gasteiger partial charge in [-0.15, -0.1) is 0 Å². The molecule has 0 spiro atoms. The third-order valence-corrected chi connectivity index (χ3v) is 3.68. The molecule has 4 nitrogen and oxygen atoms in total. The van der Waals surface area contributed by atoms with Crippen LogP contribution < -0.4 is 10.5 Å². The maximum atomic E-state index is 6.24. The van der Waals surface area contributed by atoms with Gasteiger partial charge in [0.2, 0.25) is 0 Å². The molecule has 19 heavy (non-hydrogen) atoms. The van der Waals surface area contributed by atoms with Gasteiger partial charge in [-0.25, -0.2) is 0 Å².